The molecule has 2 amide bonds. The Morgan fingerprint density at radius 2 is 1.56 bits per heavy atom. The SMILES string of the molecule is Cc1ccc2nc(-c3ccc(N4C(=O)[C@@H]5[C@@H](C4=O)[C@H]4C=C[C@@H]5C4)cc3)cc(C(=O)O[C@@H](C)C(=O)c3ccc(Cl)cc3)c2c1. The Balaban J connectivity index is 1.18. The van der Waals surface area contributed by atoms with Gasteiger partial charge in [0.15, 0.2) is 6.10 Å². The van der Waals surface area contributed by atoms with Gasteiger partial charge < -0.3 is 4.74 Å². The van der Waals surface area contributed by atoms with Crippen LogP contribution in [0.5, 0.6) is 0 Å². The molecule has 0 spiro atoms. The van der Waals surface area contributed by atoms with Crippen molar-refractivity contribution < 1.29 is 23.9 Å². The summed E-state index contributed by atoms with van der Waals surface area (Å²) in [6, 6.07) is 20.8. The lowest BCUT2D eigenvalue weighted by molar-refractivity contribution is -0.123. The maximum Gasteiger partial charge on any atom is 0.339 e. The lowest BCUT2D eigenvalue weighted by Crippen LogP contribution is -2.32. The molecule has 2 heterocycles. The molecule has 0 radical (unpaired) electrons. The van der Waals surface area contributed by atoms with Crippen LogP contribution in [-0.4, -0.2) is 34.7 Å². The minimum atomic E-state index is -1.02. The van der Waals surface area contributed by atoms with Gasteiger partial charge in [0.05, 0.1) is 34.3 Å². The Labute approximate surface area is 253 Å². The summed E-state index contributed by atoms with van der Waals surface area (Å²) in [5, 5.41) is 1.12. The van der Waals surface area contributed by atoms with Crippen molar-refractivity contribution >= 4 is 51.8 Å². The predicted octanol–water partition coefficient (Wildman–Crippen LogP) is 6.60. The summed E-state index contributed by atoms with van der Waals surface area (Å²) in [6.45, 7) is 3.46. The number of carbonyl (C=O) groups excluding carboxylic acids is 4. The molecule has 1 aliphatic heterocycles. The van der Waals surface area contributed by atoms with Crippen LogP contribution in [0.3, 0.4) is 0 Å². The van der Waals surface area contributed by atoms with Crippen LogP contribution in [0.4, 0.5) is 5.69 Å². The maximum absolute atomic E-state index is 13.5. The standard InChI is InChI=1S/C35H27ClN2O5/c1-18-3-14-28-26(15-18)27(35(42)43-19(2)32(39)21-6-10-24(36)11-7-21)17-29(37-28)20-8-12-25(13-9-20)38-33(40)30-22-4-5-23(16-22)31(30)34(38)41/h3-15,17,19,22-23,30-31H,16H2,1-2H3/t19-,22-,23+,30-,31-/m0/s1. The molecule has 7 nitrogen and oxygen atoms in total. The lowest BCUT2D eigenvalue weighted by Gasteiger charge is -2.18. The summed E-state index contributed by atoms with van der Waals surface area (Å²) >= 11 is 5.94. The van der Waals surface area contributed by atoms with Gasteiger partial charge >= 0.3 is 5.97 Å². The van der Waals surface area contributed by atoms with Gasteiger partial charge in [-0.1, -0.05) is 47.5 Å². The largest absolute Gasteiger partial charge is 0.451 e. The fourth-order valence-corrected chi connectivity index (χ4v) is 6.85. The number of nitrogens with zero attached hydrogens (tertiary/aromatic N) is 2. The van der Waals surface area contributed by atoms with Crippen molar-refractivity contribution in [3.8, 4) is 11.3 Å². The Morgan fingerprint density at radius 1 is 0.907 bits per heavy atom. The summed E-state index contributed by atoms with van der Waals surface area (Å²) in [6.07, 6.45) is 4.01. The van der Waals surface area contributed by atoms with Crippen molar-refractivity contribution in [2.24, 2.45) is 23.7 Å². The summed E-state index contributed by atoms with van der Waals surface area (Å²) in [7, 11) is 0. The van der Waals surface area contributed by atoms with Crippen molar-refractivity contribution in [3.63, 3.8) is 0 Å². The first-order valence-corrected chi connectivity index (χ1v) is 14.7. The average Bonchev–Trinajstić information content (AvgIpc) is 3.70. The van der Waals surface area contributed by atoms with E-state index in [4.69, 9.17) is 21.3 Å². The minimum absolute atomic E-state index is 0.133. The van der Waals surface area contributed by atoms with E-state index in [0.29, 0.717) is 38.4 Å². The first kappa shape index (κ1) is 27.2. The van der Waals surface area contributed by atoms with E-state index in [1.165, 1.54) is 4.90 Å². The number of aryl methyl sites for hydroxylation is 1. The summed E-state index contributed by atoms with van der Waals surface area (Å²) in [5.41, 5.74) is 3.96. The van der Waals surface area contributed by atoms with Gasteiger partial charge in [0.2, 0.25) is 17.6 Å². The number of ether oxygens (including phenoxy) is 1. The molecule has 0 unspecified atom stereocenters. The van der Waals surface area contributed by atoms with E-state index in [0.717, 1.165) is 12.0 Å². The van der Waals surface area contributed by atoms with E-state index >= 15 is 0 Å². The second-order valence-corrected chi connectivity index (χ2v) is 12.0. The Morgan fingerprint density at radius 3 is 2.21 bits per heavy atom. The van der Waals surface area contributed by atoms with Crippen LogP contribution in [0.1, 0.15) is 39.6 Å². The number of halogens is 1. The smallest absolute Gasteiger partial charge is 0.339 e. The van der Waals surface area contributed by atoms with Crippen LogP contribution >= 0.6 is 11.6 Å². The molecule has 0 N–H and O–H groups in total. The van der Waals surface area contributed by atoms with E-state index in [2.05, 4.69) is 12.2 Å². The van der Waals surface area contributed by atoms with E-state index < -0.39 is 12.1 Å². The van der Waals surface area contributed by atoms with E-state index in [1.54, 1.807) is 61.5 Å². The summed E-state index contributed by atoms with van der Waals surface area (Å²) in [5.74, 6) is -1.50. The molecule has 43 heavy (non-hydrogen) atoms. The number of allylic oxidation sites excluding steroid dienone is 2. The molecular formula is C35H27ClN2O5. The number of hydrogen-bond acceptors (Lipinski definition) is 6. The van der Waals surface area contributed by atoms with E-state index in [-0.39, 0.29) is 46.8 Å². The van der Waals surface area contributed by atoms with Crippen molar-refractivity contribution in [2.75, 3.05) is 4.90 Å². The van der Waals surface area contributed by atoms with Gasteiger partial charge in [0, 0.05) is 21.5 Å². The number of fused-ring (bicyclic) bond motifs is 6. The zero-order valence-electron chi connectivity index (χ0n) is 23.5. The third-order valence-corrected chi connectivity index (χ3v) is 9.11. The number of hydrogen-bond donors (Lipinski definition) is 0. The third kappa shape index (κ3) is 4.55. The fourth-order valence-electron chi connectivity index (χ4n) is 6.72. The van der Waals surface area contributed by atoms with E-state index in [1.807, 2.05) is 25.1 Å². The number of anilines is 1. The number of rotatable bonds is 6. The van der Waals surface area contributed by atoms with Crippen molar-refractivity contribution in [1.82, 2.24) is 4.98 Å². The number of pyridine rings is 1. The van der Waals surface area contributed by atoms with Crippen LogP contribution in [0.25, 0.3) is 22.2 Å². The minimum Gasteiger partial charge on any atom is -0.451 e. The highest BCUT2D eigenvalue weighted by Crippen LogP contribution is 2.53. The lowest BCUT2D eigenvalue weighted by atomic mass is 9.85. The van der Waals surface area contributed by atoms with Gasteiger partial charge in [-0.3, -0.25) is 19.3 Å². The number of ketones is 1. The van der Waals surface area contributed by atoms with Gasteiger partial charge in [-0.05, 0) is 86.7 Å². The van der Waals surface area contributed by atoms with Gasteiger partial charge in [-0.25, -0.2) is 9.78 Å². The predicted molar refractivity (Wildman–Crippen MR) is 163 cm³/mol. The van der Waals surface area contributed by atoms with Crippen molar-refractivity contribution in [1.29, 1.82) is 0 Å². The first-order chi connectivity index (χ1) is 20.7. The maximum atomic E-state index is 13.5. The molecule has 2 bridgehead atoms. The van der Waals surface area contributed by atoms with Crippen LogP contribution in [0.15, 0.2) is 84.9 Å². The zero-order chi connectivity index (χ0) is 30.0. The summed E-state index contributed by atoms with van der Waals surface area (Å²) < 4.78 is 5.65. The monoisotopic (exact) mass is 590 g/mol. The van der Waals surface area contributed by atoms with Crippen LogP contribution in [0, 0.1) is 30.6 Å². The molecule has 1 aromatic heterocycles. The second-order valence-electron chi connectivity index (χ2n) is 11.6. The van der Waals surface area contributed by atoms with Gasteiger partial charge in [-0.15, -0.1) is 0 Å². The third-order valence-electron chi connectivity index (χ3n) is 8.86. The quantitative estimate of drug-likeness (QED) is 0.109. The Bertz CT molecular complexity index is 1830. The molecule has 2 aliphatic carbocycles. The van der Waals surface area contributed by atoms with Gasteiger partial charge in [-0.2, -0.15) is 0 Å². The molecule has 5 atom stereocenters. The molecule has 3 aromatic carbocycles. The average molecular weight is 591 g/mol. The van der Waals surface area contributed by atoms with Crippen LogP contribution in [-0.2, 0) is 14.3 Å². The number of carbonyl (C=O) groups is 4. The second kappa shape index (κ2) is 10.3. The molecule has 2 fully saturated rings. The van der Waals surface area contributed by atoms with Gasteiger partial charge in [0.1, 0.15) is 0 Å². The molecule has 214 valence electrons. The molecule has 7 rings (SSSR count). The molecule has 4 aromatic rings. The van der Waals surface area contributed by atoms with Crippen molar-refractivity contribution in [2.45, 2.75) is 26.4 Å². The molecule has 3 aliphatic rings. The highest BCUT2D eigenvalue weighted by atomic mass is 35.5. The Kier molecular flexibility index (Phi) is 6.51. The van der Waals surface area contributed by atoms with Gasteiger partial charge in [0.25, 0.3) is 0 Å². The number of esters is 1. The number of imide groups is 1. The normalized spacial score (nSPS) is 22.7. The van der Waals surface area contributed by atoms with Crippen LogP contribution in [0.2, 0.25) is 5.02 Å². The molecule has 1 saturated carbocycles. The highest BCUT2D eigenvalue weighted by molar-refractivity contribution is 6.30. The van der Waals surface area contributed by atoms with Crippen LogP contribution < -0.4 is 4.90 Å². The zero-order valence-corrected chi connectivity index (χ0v) is 24.2. The number of Topliss-reactive ketones (excluding diaryl/α,β-unsaturated/α-hetero) is 1. The van der Waals surface area contributed by atoms with Crippen molar-refractivity contribution in [3.05, 3.63) is 107 Å². The first-order valence-electron chi connectivity index (χ1n) is 14.3. The molecular weight excluding hydrogens is 564 g/mol. The highest BCUT2D eigenvalue weighted by Gasteiger charge is 2.59. The van der Waals surface area contributed by atoms with E-state index in [9.17, 15) is 19.2 Å². The number of aromatic nitrogens is 1. The molecule has 8 heteroatoms. The number of benzene rings is 3. The fraction of sp³-hybridized carbons (Fsp3) is 0.229. The Hall–Kier alpha value is -4.62. The summed E-state index contributed by atoms with van der Waals surface area (Å²) in [4.78, 5) is 59.1. The number of amides is 2. The topological polar surface area (TPSA) is 93.6 Å². The molecule has 1 saturated heterocycles.